The summed E-state index contributed by atoms with van der Waals surface area (Å²) in [6, 6.07) is 0.622. The van der Waals surface area contributed by atoms with Crippen LogP contribution in [-0.2, 0) is 4.79 Å². The van der Waals surface area contributed by atoms with Crippen LogP contribution in [0.15, 0.2) is 0 Å². The van der Waals surface area contributed by atoms with Gasteiger partial charge in [0.05, 0.1) is 6.04 Å². The fourth-order valence-corrected chi connectivity index (χ4v) is 3.69. The highest BCUT2D eigenvalue weighted by molar-refractivity contribution is 5.79. The van der Waals surface area contributed by atoms with E-state index in [9.17, 15) is 4.79 Å². The molecule has 3 N–H and O–H groups in total. The Morgan fingerprint density at radius 2 is 1.86 bits per heavy atom. The highest BCUT2D eigenvalue weighted by Gasteiger charge is 2.26. The van der Waals surface area contributed by atoms with E-state index in [4.69, 9.17) is 5.73 Å². The Morgan fingerprint density at radius 1 is 1.19 bits per heavy atom. The summed E-state index contributed by atoms with van der Waals surface area (Å²) in [5.41, 5.74) is 5.43. The molecule has 21 heavy (non-hydrogen) atoms. The molecule has 0 spiro atoms. The fraction of sp³-hybridized carbons (Fsp3) is 0.938. The van der Waals surface area contributed by atoms with Crippen LogP contribution >= 0.6 is 0 Å². The van der Waals surface area contributed by atoms with Gasteiger partial charge >= 0.3 is 0 Å². The number of primary amides is 1. The predicted molar refractivity (Wildman–Crippen MR) is 86.2 cm³/mol. The molecule has 0 bridgehead atoms. The Hall–Kier alpha value is -0.650. The van der Waals surface area contributed by atoms with Gasteiger partial charge < -0.3 is 20.9 Å². The van der Waals surface area contributed by atoms with E-state index in [1.54, 1.807) is 0 Å². The minimum Gasteiger partial charge on any atom is -0.368 e. The van der Waals surface area contributed by atoms with Crippen molar-refractivity contribution in [2.75, 3.05) is 39.3 Å². The average molecular weight is 296 g/mol. The molecule has 2 heterocycles. The van der Waals surface area contributed by atoms with Gasteiger partial charge in [-0.25, -0.2) is 0 Å². The molecule has 2 fully saturated rings. The summed E-state index contributed by atoms with van der Waals surface area (Å²) in [5, 5.41) is 3.17. The van der Waals surface area contributed by atoms with Crippen LogP contribution in [0.4, 0.5) is 0 Å². The van der Waals surface area contributed by atoms with E-state index in [1.807, 2.05) is 6.92 Å². The number of likely N-dealkylation sites (N-methyl/N-ethyl adjacent to an activating group) is 1. The van der Waals surface area contributed by atoms with Gasteiger partial charge in [-0.05, 0) is 64.8 Å². The van der Waals surface area contributed by atoms with Gasteiger partial charge in [0.1, 0.15) is 0 Å². The summed E-state index contributed by atoms with van der Waals surface area (Å²) in [6.07, 6.45) is 7.56. The number of likely N-dealkylation sites (tertiary alicyclic amines) is 2. The fourth-order valence-electron chi connectivity index (χ4n) is 3.69. The molecule has 5 heteroatoms. The second kappa shape index (κ2) is 8.71. The van der Waals surface area contributed by atoms with Crippen molar-refractivity contribution < 1.29 is 4.79 Å². The molecule has 0 aromatic heterocycles. The van der Waals surface area contributed by atoms with E-state index >= 15 is 0 Å². The number of rotatable bonds is 7. The second-order valence-corrected chi connectivity index (χ2v) is 6.47. The molecule has 0 radical (unpaired) electrons. The first-order valence-corrected chi connectivity index (χ1v) is 8.69. The van der Waals surface area contributed by atoms with E-state index < -0.39 is 0 Å². The van der Waals surface area contributed by atoms with Crippen molar-refractivity contribution in [1.82, 2.24) is 15.1 Å². The first-order valence-electron chi connectivity index (χ1n) is 8.69. The van der Waals surface area contributed by atoms with Gasteiger partial charge in [0, 0.05) is 12.6 Å². The zero-order valence-corrected chi connectivity index (χ0v) is 13.5. The van der Waals surface area contributed by atoms with Gasteiger partial charge in [0.25, 0.3) is 0 Å². The van der Waals surface area contributed by atoms with Crippen LogP contribution in [0.1, 0.15) is 45.4 Å². The average Bonchev–Trinajstić information content (AvgIpc) is 2.52. The number of nitrogens with two attached hydrogens (primary N) is 1. The van der Waals surface area contributed by atoms with Crippen LogP contribution in [0.5, 0.6) is 0 Å². The standard InChI is InChI=1S/C16H32N4O/c1-2-18-15(16(17)21)8-13-19-11-6-14(7-12-19)20-9-4-3-5-10-20/h14-15,18H,2-13H2,1H3,(H2,17,21). The molecule has 0 aliphatic carbocycles. The number of hydrogen-bond acceptors (Lipinski definition) is 4. The number of nitrogens with one attached hydrogen (secondary N) is 1. The Morgan fingerprint density at radius 3 is 2.43 bits per heavy atom. The molecule has 2 aliphatic rings. The summed E-state index contributed by atoms with van der Waals surface area (Å²) < 4.78 is 0. The molecule has 0 saturated carbocycles. The Labute approximate surface area is 129 Å². The summed E-state index contributed by atoms with van der Waals surface area (Å²) in [6.45, 7) is 8.72. The van der Waals surface area contributed by atoms with E-state index in [0.29, 0.717) is 0 Å². The summed E-state index contributed by atoms with van der Waals surface area (Å²) in [5.74, 6) is -0.222. The molecule has 2 saturated heterocycles. The number of carbonyl (C=O) groups is 1. The molecular weight excluding hydrogens is 264 g/mol. The third-order valence-electron chi connectivity index (χ3n) is 4.99. The van der Waals surface area contributed by atoms with Gasteiger partial charge in [0.2, 0.25) is 5.91 Å². The lowest BCUT2D eigenvalue weighted by Gasteiger charge is -2.40. The Kier molecular flexibility index (Phi) is 6.93. The van der Waals surface area contributed by atoms with Gasteiger partial charge in [-0.3, -0.25) is 4.79 Å². The first kappa shape index (κ1) is 16.7. The molecule has 1 amide bonds. The number of amides is 1. The molecular formula is C16H32N4O. The SMILES string of the molecule is CCNC(CCN1CCC(N2CCCCC2)CC1)C(N)=O. The molecule has 1 atom stereocenters. The van der Waals surface area contributed by atoms with E-state index in [2.05, 4.69) is 15.1 Å². The third kappa shape index (κ3) is 5.24. The smallest absolute Gasteiger partial charge is 0.234 e. The van der Waals surface area contributed by atoms with E-state index in [0.717, 1.165) is 25.6 Å². The maximum Gasteiger partial charge on any atom is 0.234 e. The van der Waals surface area contributed by atoms with Gasteiger partial charge in [-0.2, -0.15) is 0 Å². The van der Waals surface area contributed by atoms with E-state index in [1.165, 1.54) is 58.3 Å². The summed E-state index contributed by atoms with van der Waals surface area (Å²) >= 11 is 0. The molecule has 2 rings (SSSR count). The Bertz CT molecular complexity index is 309. The van der Waals surface area contributed by atoms with Crippen LogP contribution in [0.2, 0.25) is 0 Å². The van der Waals surface area contributed by atoms with Crippen molar-refractivity contribution in [1.29, 1.82) is 0 Å². The van der Waals surface area contributed by atoms with Gasteiger partial charge in [-0.15, -0.1) is 0 Å². The highest BCUT2D eigenvalue weighted by Crippen LogP contribution is 2.20. The Balaban J connectivity index is 1.67. The van der Waals surface area contributed by atoms with Crippen LogP contribution in [-0.4, -0.2) is 67.1 Å². The molecule has 0 aromatic rings. The zero-order chi connectivity index (χ0) is 15.1. The molecule has 0 aromatic carbocycles. The van der Waals surface area contributed by atoms with Gasteiger partial charge in [0.15, 0.2) is 0 Å². The minimum atomic E-state index is -0.222. The minimum absolute atomic E-state index is 0.171. The van der Waals surface area contributed by atoms with Crippen molar-refractivity contribution >= 4 is 5.91 Å². The van der Waals surface area contributed by atoms with Crippen LogP contribution < -0.4 is 11.1 Å². The van der Waals surface area contributed by atoms with Crippen molar-refractivity contribution in [2.24, 2.45) is 5.73 Å². The highest BCUT2D eigenvalue weighted by atomic mass is 16.1. The number of carbonyl (C=O) groups excluding carboxylic acids is 1. The molecule has 1 unspecified atom stereocenters. The molecule has 5 nitrogen and oxygen atoms in total. The third-order valence-corrected chi connectivity index (χ3v) is 4.99. The predicted octanol–water partition coefficient (Wildman–Crippen LogP) is 0.790. The zero-order valence-electron chi connectivity index (χ0n) is 13.5. The number of nitrogens with zero attached hydrogens (tertiary/aromatic N) is 2. The summed E-state index contributed by atoms with van der Waals surface area (Å²) in [7, 11) is 0. The quantitative estimate of drug-likeness (QED) is 0.729. The molecule has 2 aliphatic heterocycles. The van der Waals surface area contributed by atoms with Crippen molar-refractivity contribution in [3.63, 3.8) is 0 Å². The second-order valence-electron chi connectivity index (χ2n) is 6.47. The molecule has 122 valence electrons. The lowest BCUT2D eigenvalue weighted by molar-refractivity contribution is -0.120. The maximum atomic E-state index is 11.4. The number of hydrogen-bond donors (Lipinski definition) is 2. The normalized spacial score (nSPS) is 24.0. The lowest BCUT2D eigenvalue weighted by Crippen LogP contribution is -2.48. The van der Waals surface area contributed by atoms with Crippen molar-refractivity contribution in [3.8, 4) is 0 Å². The lowest BCUT2D eigenvalue weighted by atomic mass is 9.99. The van der Waals surface area contributed by atoms with Gasteiger partial charge in [-0.1, -0.05) is 13.3 Å². The van der Waals surface area contributed by atoms with Crippen LogP contribution in [0.25, 0.3) is 0 Å². The van der Waals surface area contributed by atoms with E-state index in [-0.39, 0.29) is 11.9 Å². The van der Waals surface area contributed by atoms with Crippen LogP contribution in [0, 0.1) is 0 Å². The topological polar surface area (TPSA) is 61.6 Å². The van der Waals surface area contributed by atoms with Crippen molar-refractivity contribution in [3.05, 3.63) is 0 Å². The van der Waals surface area contributed by atoms with Crippen LogP contribution in [0.3, 0.4) is 0 Å². The number of piperidine rings is 2. The maximum absolute atomic E-state index is 11.4. The van der Waals surface area contributed by atoms with Crippen molar-refractivity contribution in [2.45, 2.75) is 57.5 Å². The monoisotopic (exact) mass is 296 g/mol. The largest absolute Gasteiger partial charge is 0.368 e. The summed E-state index contributed by atoms with van der Waals surface area (Å²) in [4.78, 5) is 16.5. The first-order chi connectivity index (χ1) is 10.2.